The lowest BCUT2D eigenvalue weighted by atomic mass is 9.99. The number of rotatable bonds is 7. The largest absolute Gasteiger partial charge is 0.394 e. The van der Waals surface area contributed by atoms with Crippen LogP contribution in [0.2, 0.25) is 0 Å². The molecule has 1 aromatic rings. The number of aliphatic hydroxyl groups excluding tert-OH is 1. The highest BCUT2D eigenvalue weighted by molar-refractivity contribution is 5.91. The Morgan fingerprint density at radius 2 is 2.00 bits per heavy atom. The van der Waals surface area contributed by atoms with Crippen molar-refractivity contribution in [1.82, 2.24) is 9.80 Å². The fourth-order valence-electron chi connectivity index (χ4n) is 2.79. The molecule has 148 valence electrons. The Kier molecular flexibility index (Phi) is 7.28. The van der Waals surface area contributed by atoms with Gasteiger partial charge in [-0.25, -0.2) is 0 Å². The number of aliphatic hydroxyl groups is 1. The molecule has 0 saturated carbocycles. The lowest BCUT2D eigenvalue weighted by molar-refractivity contribution is -0.164. The lowest BCUT2D eigenvalue weighted by Gasteiger charge is -2.40. The summed E-state index contributed by atoms with van der Waals surface area (Å²) < 4.78 is 10.4. The van der Waals surface area contributed by atoms with Gasteiger partial charge < -0.3 is 29.7 Å². The number of hydrogen-bond donors (Lipinski definition) is 2. The van der Waals surface area contributed by atoms with Crippen molar-refractivity contribution >= 4 is 23.4 Å². The van der Waals surface area contributed by atoms with Gasteiger partial charge in [0.1, 0.15) is 25.9 Å². The van der Waals surface area contributed by atoms with Crippen LogP contribution in [-0.2, 0) is 23.9 Å². The van der Waals surface area contributed by atoms with Crippen LogP contribution in [0.4, 0.5) is 5.69 Å². The zero-order valence-electron chi connectivity index (χ0n) is 15.7. The number of benzene rings is 1. The molecule has 2 rings (SSSR count). The van der Waals surface area contributed by atoms with E-state index >= 15 is 0 Å². The third kappa shape index (κ3) is 5.25. The van der Waals surface area contributed by atoms with E-state index < -0.39 is 12.1 Å². The van der Waals surface area contributed by atoms with E-state index in [0.717, 1.165) is 5.56 Å². The Labute approximate surface area is 157 Å². The van der Waals surface area contributed by atoms with Gasteiger partial charge in [-0.05, 0) is 17.7 Å². The van der Waals surface area contributed by atoms with Gasteiger partial charge in [0.2, 0.25) is 17.7 Å². The van der Waals surface area contributed by atoms with Crippen molar-refractivity contribution in [2.24, 2.45) is 0 Å². The van der Waals surface area contributed by atoms with Crippen LogP contribution in [0.25, 0.3) is 0 Å². The van der Waals surface area contributed by atoms with Gasteiger partial charge in [0, 0.05) is 26.9 Å². The van der Waals surface area contributed by atoms with Gasteiger partial charge in [-0.15, -0.1) is 0 Å². The molecule has 9 heteroatoms. The van der Waals surface area contributed by atoms with Crippen LogP contribution in [0.1, 0.15) is 11.7 Å². The molecule has 27 heavy (non-hydrogen) atoms. The molecule has 1 aromatic carbocycles. The summed E-state index contributed by atoms with van der Waals surface area (Å²) in [4.78, 5) is 38.5. The summed E-state index contributed by atoms with van der Waals surface area (Å²) in [7, 11) is 4.65. The number of anilines is 1. The number of carbonyl (C=O) groups excluding carboxylic acids is 3. The van der Waals surface area contributed by atoms with Crippen LogP contribution in [0.3, 0.4) is 0 Å². The van der Waals surface area contributed by atoms with E-state index in [2.05, 4.69) is 5.32 Å². The SMILES string of the molecule is COCC(=O)Nc1ccc(C2OCC(=O)N(CC(=O)N(C)C)C2CO)cc1. The van der Waals surface area contributed by atoms with Gasteiger partial charge in [0.15, 0.2) is 0 Å². The summed E-state index contributed by atoms with van der Waals surface area (Å²) in [5.41, 5.74) is 1.32. The Balaban J connectivity index is 2.15. The first kappa shape index (κ1) is 20.8. The van der Waals surface area contributed by atoms with Crippen molar-refractivity contribution in [2.45, 2.75) is 12.1 Å². The summed E-state index contributed by atoms with van der Waals surface area (Å²) in [6, 6.07) is 6.22. The van der Waals surface area contributed by atoms with E-state index in [-0.39, 0.29) is 44.1 Å². The van der Waals surface area contributed by atoms with Gasteiger partial charge in [-0.3, -0.25) is 14.4 Å². The fraction of sp³-hybridized carbons (Fsp3) is 0.500. The maximum atomic E-state index is 12.2. The number of ether oxygens (including phenoxy) is 2. The summed E-state index contributed by atoms with van der Waals surface area (Å²) in [6.07, 6.45) is -0.577. The molecule has 9 nitrogen and oxygen atoms in total. The molecule has 0 aliphatic carbocycles. The first-order chi connectivity index (χ1) is 12.9. The van der Waals surface area contributed by atoms with Crippen molar-refractivity contribution in [3.63, 3.8) is 0 Å². The Hall–Kier alpha value is -2.49. The van der Waals surface area contributed by atoms with Crippen LogP contribution in [0.15, 0.2) is 24.3 Å². The van der Waals surface area contributed by atoms with Crippen LogP contribution < -0.4 is 5.32 Å². The summed E-state index contributed by atoms with van der Waals surface area (Å²) >= 11 is 0. The second-order valence-electron chi connectivity index (χ2n) is 6.39. The molecular weight excluding hydrogens is 354 g/mol. The first-order valence-corrected chi connectivity index (χ1v) is 8.48. The topological polar surface area (TPSA) is 108 Å². The zero-order valence-corrected chi connectivity index (χ0v) is 15.7. The number of nitrogens with one attached hydrogen (secondary N) is 1. The van der Waals surface area contributed by atoms with Crippen LogP contribution >= 0.6 is 0 Å². The van der Waals surface area contributed by atoms with Crippen molar-refractivity contribution in [1.29, 1.82) is 0 Å². The molecule has 1 aliphatic rings. The molecule has 0 bridgehead atoms. The van der Waals surface area contributed by atoms with E-state index in [0.29, 0.717) is 5.69 Å². The first-order valence-electron chi connectivity index (χ1n) is 8.48. The smallest absolute Gasteiger partial charge is 0.250 e. The van der Waals surface area contributed by atoms with Crippen LogP contribution in [0.5, 0.6) is 0 Å². The van der Waals surface area contributed by atoms with Crippen molar-refractivity contribution in [3.05, 3.63) is 29.8 Å². The predicted octanol–water partition coefficient (Wildman–Crippen LogP) is -0.379. The monoisotopic (exact) mass is 379 g/mol. The normalized spacial score (nSPS) is 19.7. The summed E-state index contributed by atoms with van der Waals surface area (Å²) in [5, 5.41) is 12.5. The maximum Gasteiger partial charge on any atom is 0.250 e. The molecule has 1 heterocycles. The number of morpholine rings is 1. The van der Waals surface area contributed by atoms with Gasteiger partial charge >= 0.3 is 0 Å². The highest BCUT2D eigenvalue weighted by Gasteiger charge is 2.38. The minimum atomic E-state index is -0.677. The Morgan fingerprint density at radius 1 is 1.33 bits per heavy atom. The number of nitrogens with zero attached hydrogens (tertiary/aromatic N) is 2. The fourth-order valence-corrected chi connectivity index (χ4v) is 2.79. The molecule has 2 unspecified atom stereocenters. The number of amides is 3. The van der Waals surface area contributed by atoms with Crippen LogP contribution in [-0.4, -0.2) is 86.2 Å². The van der Waals surface area contributed by atoms with Gasteiger partial charge in [0.25, 0.3) is 0 Å². The second kappa shape index (κ2) is 9.45. The molecule has 1 fully saturated rings. The van der Waals surface area contributed by atoms with E-state index in [4.69, 9.17) is 9.47 Å². The third-order valence-corrected chi connectivity index (χ3v) is 4.25. The van der Waals surface area contributed by atoms with Gasteiger partial charge in [-0.2, -0.15) is 0 Å². The minimum absolute atomic E-state index is 0.0446. The predicted molar refractivity (Wildman–Crippen MR) is 96.9 cm³/mol. The molecule has 2 N–H and O–H groups in total. The van der Waals surface area contributed by atoms with E-state index in [9.17, 15) is 19.5 Å². The average molecular weight is 379 g/mol. The molecule has 0 radical (unpaired) electrons. The standard InChI is InChI=1S/C18H25N3O6/c1-20(2)16(24)8-21-14(9-22)18(27-11-17(21)25)12-4-6-13(7-5-12)19-15(23)10-26-3/h4-7,14,18,22H,8-11H2,1-3H3,(H,19,23). The molecule has 0 aromatic heterocycles. The summed E-state index contributed by atoms with van der Waals surface area (Å²) in [6.45, 7) is -0.684. The van der Waals surface area contributed by atoms with Gasteiger partial charge in [-0.1, -0.05) is 12.1 Å². The molecule has 1 aliphatic heterocycles. The Bertz CT molecular complexity index is 676. The molecule has 1 saturated heterocycles. The maximum absolute atomic E-state index is 12.2. The van der Waals surface area contributed by atoms with Crippen LogP contribution in [0, 0.1) is 0 Å². The number of carbonyl (C=O) groups is 3. The van der Waals surface area contributed by atoms with E-state index in [1.165, 1.54) is 16.9 Å². The second-order valence-corrected chi connectivity index (χ2v) is 6.39. The summed E-state index contributed by atoms with van der Waals surface area (Å²) in [5.74, 6) is -0.853. The highest BCUT2D eigenvalue weighted by Crippen LogP contribution is 2.29. The van der Waals surface area contributed by atoms with Crippen molar-refractivity contribution in [3.8, 4) is 0 Å². The average Bonchev–Trinajstić information content (AvgIpc) is 2.64. The number of methoxy groups -OCH3 is 1. The zero-order chi connectivity index (χ0) is 20.0. The third-order valence-electron chi connectivity index (χ3n) is 4.25. The Morgan fingerprint density at radius 3 is 2.56 bits per heavy atom. The molecule has 2 atom stereocenters. The molecule has 0 spiro atoms. The highest BCUT2D eigenvalue weighted by atomic mass is 16.5. The number of likely N-dealkylation sites (N-methyl/N-ethyl adjacent to an activating group) is 1. The minimum Gasteiger partial charge on any atom is -0.394 e. The quantitative estimate of drug-likeness (QED) is 0.669. The van der Waals surface area contributed by atoms with E-state index in [1.807, 2.05) is 0 Å². The molecular formula is C18H25N3O6. The van der Waals surface area contributed by atoms with E-state index in [1.54, 1.807) is 38.4 Å². The van der Waals surface area contributed by atoms with Gasteiger partial charge in [0.05, 0.1) is 12.6 Å². The number of hydrogen-bond acceptors (Lipinski definition) is 6. The molecule has 3 amide bonds. The van der Waals surface area contributed by atoms with Crippen molar-refractivity contribution in [2.75, 3.05) is 52.9 Å². The van der Waals surface area contributed by atoms with Crippen molar-refractivity contribution < 1.29 is 29.0 Å². The lowest BCUT2D eigenvalue weighted by Crippen LogP contribution is -2.55.